The van der Waals surface area contributed by atoms with Gasteiger partial charge < -0.3 is 9.47 Å². The number of carbonyl (C=O) groups is 1. The summed E-state index contributed by atoms with van der Waals surface area (Å²) >= 11 is 0. The van der Waals surface area contributed by atoms with Crippen molar-refractivity contribution in [2.24, 2.45) is 46.3 Å². The number of hydrogen-bond acceptors (Lipinski definition) is 3. The van der Waals surface area contributed by atoms with Crippen LogP contribution in [0.5, 0.6) is 0 Å². The molecule has 0 spiro atoms. The van der Waals surface area contributed by atoms with Crippen molar-refractivity contribution < 1.29 is 14.3 Å². The van der Waals surface area contributed by atoms with Gasteiger partial charge in [-0.3, -0.25) is 0 Å². The summed E-state index contributed by atoms with van der Waals surface area (Å²) in [7, 11) is 0. The normalized spacial score (nSPS) is 37.0. The van der Waals surface area contributed by atoms with Crippen LogP contribution < -0.4 is 0 Å². The van der Waals surface area contributed by atoms with Crippen molar-refractivity contribution in [3.63, 3.8) is 0 Å². The van der Waals surface area contributed by atoms with Crippen molar-refractivity contribution in [2.45, 2.75) is 118 Å². The minimum Gasteiger partial charge on any atom is -0.431 e. The molecule has 1 aromatic rings. The second-order valence-corrected chi connectivity index (χ2v) is 14.3. The molecule has 5 rings (SSSR count). The molecule has 38 heavy (non-hydrogen) atoms. The fourth-order valence-corrected chi connectivity index (χ4v) is 9.64. The fourth-order valence-electron chi connectivity index (χ4n) is 9.64. The van der Waals surface area contributed by atoms with E-state index < -0.39 is 6.16 Å². The van der Waals surface area contributed by atoms with Gasteiger partial charge >= 0.3 is 6.16 Å². The predicted octanol–water partition coefficient (Wildman–Crippen LogP) is 9.75. The lowest BCUT2D eigenvalue weighted by Gasteiger charge is -2.58. The first-order valence-electron chi connectivity index (χ1n) is 15.8. The largest absolute Gasteiger partial charge is 0.508 e. The number of benzene rings is 1. The van der Waals surface area contributed by atoms with E-state index in [1.807, 2.05) is 30.3 Å². The van der Waals surface area contributed by atoms with Crippen LogP contribution in [-0.4, -0.2) is 12.3 Å². The summed E-state index contributed by atoms with van der Waals surface area (Å²) in [5.41, 5.74) is 3.36. The molecule has 8 unspecified atom stereocenters. The van der Waals surface area contributed by atoms with Crippen molar-refractivity contribution in [1.29, 1.82) is 0 Å². The predicted molar refractivity (Wildman–Crippen MR) is 155 cm³/mol. The van der Waals surface area contributed by atoms with Gasteiger partial charge in [-0.15, -0.1) is 0 Å². The molecular weight excluding hydrogens is 468 g/mol. The standard InChI is InChI=1S/C35H52O3/c1-24(2)10-9-11-25(3)30-16-17-31-29-15-14-27-22-28(38-33(36)37-23-26-12-7-6-8-13-26)18-20-34(27,4)32(29)19-21-35(30,31)5/h6-8,12-14,24-25,28-32H,9-11,15-23H2,1-5H3. The molecule has 0 heterocycles. The second kappa shape index (κ2) is 11.4. The third-order valence-electron chi connectivity index (χ3n) is 11.7. The molecule has 0 aromatic heterocycles. The van der Waals surface area contributed by atoms with E-state index in [1.54, 1.807) is 5.57 Å². The maximum Gasteiger partial charge on any atom is 0.508 e. The van der Waals surface area contributed by atoms with E-state index >= 15 is 0 Å². The van der Waals surface area contributed by atoms with Crippen molar-refractivity contribution in [1.82, 2.24) is 0 Å². The molecule has 210 valence electrons. The zero-order valence-electron chi connectivity index (χ0n) is 24.7. The number of allylic oxidation sites excluding steroid dienone is 1. The SMILES string of the molecule is CC(C)CCCC(C)C1CCC2C3CC=C4CC(OC(=O)OCc5ccccc5)CCC4(C)C3CCC12C. The van der Waals surface area contributed by atoms with Gasteiger partial charge in [0.15, 0.2) is 0 Å². The van der Waals surface area contributed by atoms with E-state index in [0.29, 0.717) is 5.41 Å². The van der Waals surface area contributed by atoms with Crippen molar-refractivity contribution >= 4 is 6.16 Å². The van der Waals surface area contributed by atoms with Crippen LogP contribution in [-0.2, 0) is 16.1 Å². The van der Waals surface area contributed by atoms with Crippen molar-refractivity contribution in [3.8, 4) is 0 Å². The summed E-state index contributed by atoms with van der Waals surface area (Å²) in [6, 6.07) is 9.83. The number of rotatable bonds is 8. The van der Waals surface area contributed by atoms with Gasteiger partial charge in [-0.1, -0.05) is 95.9 Å². The molecule has 0 amide bonds. The third kappa shape index (κ3) is 5.46. The molecule has 1 aromatic carbocycles. The van der Waals surface area contributed by atoms with Gasteiger partial charge in [-0.2, -0.15) is 0 Å². The molecule has 4 aliphatic rings. The highest BCUT2D eigenvalue weighted by atomic mass is 16.7. The minimum atomic E-state index is -0.523. The highest BCUT2D eigenvalue weighted by molar-refractivity contribution is 5.60. The molecule has 4 aliphatic carbocycles. The van der Waals surface area contributed by atoms with Crippen LogP contribution >= 0.6 is 0 Å². The molecule has 0 bridgehead atoms. The lowest BCUT2D eigenvalue weighted by atomic mass is 9.47. The van der Waals surface area contributed by atoms with Gasteiger partial charge in [0.05, 0.1) is 0 Å². The number of fused-ring (bicyclic) bond motifs is 5. The average molecular weight is 521 g/mol. The van der Waals surface area contributed by atoms with Gasteiger partial charge in [0, 0.05) is 6.42 Å². The molecule has 0 aliphatic heterocycles. The molecule has 3 saturated carbocycles. The summed E-state index contributed by atoms with van der Waals surface area (Å²) < 4.78 is 11.2. The second-order valence-electron chi connectivity index (χ2n) is 14.3. The Labute approximate surface area is 232 Å². The third-order valence-corrected chi connectivity index (χ3v) is 11.7. The van der Waals surface area contributed by atoms with Gasteiger partial charge in [-0.05, 0) is 96.8 Å². The Morgan fingerprint density at radius 1 is 0.974 bits per heavy atom. The summed E-state index contributed by atoms with van der Waals surface area (Å²) in [4.78, 5) is 12.4. The summed E-state index contributed by atoms with van der Waals surface area (Å²) in [5, 5.41) is 0. The first-order valence-corrected chi connectivity index (χ1v) is 15.8. The maximum absolute atomic E-state index is 12.4. The van der Waals surface area contributed by atoms with Gasteiger partial charge in [0.2, 0.25) is 0 Å². The van der Waals surface area contributed by atoms with E-state index in [9.17, 15) is 4.79 Å². The van der Waals surface area contributed by atoms with Gasteiger partial charge in [0.1, 0.15) is 12.7 Å². The Balaban J connectivity index is 1.19. The zero-order valence-corrected chi connectivity index (χ0v) is 24.7. The van der Waals surface area contributed by atoms with Crippen LogP contribution in [0.15, 0.2) is 42.0 Å². The lowest BCUT2D eigenvalue weighted by Crippen LogP contribution is -2.51. The Bertz CT molecular complexity index is 982. The highest BCUT2D eigenvalue weighted by Gasteiger charge is 2.59. The Morgan fingerprint density at radius 2 is 1.76 bits per heavy atom. The minimum absolute atomic E-state index is 0.0504. The molecule has 0 N–H and O–H groups in total. The van der Waals surface area contributed by atoms with Gasteiger partial charge in [-0.25, -0.2) is 4.79 Å². The van der Waals surface area contributed by atoms with Crippen LogP contribution in [0.3, 0.4) is 0 Å². The van der Waals surface area contributed by atoms with E-state index in [0.717, 1.165) is 60.3 Å². The lowest BCUT2D eigenvalue weighted by molar-refractivity contribution is -0.0620. The smallest absolute Gasteiger partial charge is 0.431 e. The fraction of sp³-hybridized carbons (Fsp3) is 0.743. The van der Waals surface area contributed by atoms with Crippen LogP contribution in [0.25, 0.3) is 0 Å². The van der Waals surface area contributed by atoms with Crippen molar-refractivity contribution in [2.75, 3.05) is 0 Å². The molecule has 3 fully saturated rings. The van der Waals surface area contributed by atoms with Crippen LogP contribution in [0.2, 0.25) is 0 Å². The molecule has 0 saturated heterocycles. The average Bonchev–Trinajstić information content (AvgIpc) is 3.25. The number of carbonyl (C=O) groups excluding carboxylic acids is 1. The van der Waals surface area contributed by atoms with E-state index in [1.165, 1.54) is 51.4 Å². The topological polar surface area (TPSA) is 35.5 Å². The van der Waals surface area contributed by atoms with Crippen molar-refractivity contribution in [3.05, 3.63) is 47.5 Å². The number of ether oxygens (including phenoxy) is 2. The highest BCUT2D eigenvalue weighted by Crippen LogP contribution is 2.67. The summed E-state index contributed by atoms with van der Waals surface area (Å²) in [6.45, 7) is 12.8. The van der Waals surface area contributed by atoms with E-state index in [4.69, 9.17) is 9.47 Å². The molecular formula is C35H52O3. The summed E-state index contributed by atoms with van der Waals surface area (Å²) in [5.74, 6) is 5.11. The first kappa shape index (κ1) is 27.8. The molecule has 3 heteroatoms. The van der Waals surface area contributed by atoms with E-state index in [-0.39, 0.29) is 18.1 Å². The number of hydrogen-bond donors (Lipinski definition) is 0. The molecule has 0 radical (unpaired) electrons. The Kier molecular flexibility index (Phi) is 8.32. The Morgan fingerprint density at radius 3 is 2.53 bits per heavy atom. The monoisotopic (exact) mass is 520 g/mol. The molecule has 3 nitrogen and oxygen atoms in total. The summed E-state index contributed by atoms with van der Waals surface area (Å²) in [6.07, 6.45) is 16.1. The van der Waals surface area contributed by atoms with Crippen LogP contribution in [0, 0.1) is 46.3 Å². The quantitative estimate of drug-likeness (QED) is 0.253. The maximum atomic E-state index is 12.4. The van der Waals surface area contributed by atoms with Gasteiger partial charge in [0.25, 0.3) is 0 Å². The van der Waals surface area contributed by atoms with Crippen LogP contribution in [0.4, 0.5) is 4.79 Å². The molecule has 8 atom stereocenters. The Hall–Kier alpha value is -1.77. The van der Waals surface area contributed by atoms with E-state index in [2.05, 4.69) is 40.7 Å². The first-order chi connectivity index (χ1) is 18.2. The zero-order chi connectivity index (χ0) is 26.9. The van der Waals surface area contributed by atoms with Crippen LogP contribution in [0.1, 0.15) is 111 Å².